The summed E-state index contributed by atoms with van der Waals surface area (Å²) in [5.41, 5.74) is 3.25. The van der Waals surface area contributed by atoms with E-state index in [9.17, 15) is 9.59 Å². The Morgan fingerprint density at radius 3 is 3.18 bits per heavy atom. The van der Waals surface area contributed by atoms with Crippen LogP contribution < -0.4 is 5.48 Å². The SMILES string of the molecule is O=C(O)CONC(=O)C1CCCc2sccc21. The van der Waals surface area contributed by atoms with Gasteiger partial charge in [-0.3, -0.25) is 9.63 Å². The Bertz CT molecular complexity index is 429. The number of aliphatic carboxylic acids is 1. The van der Waals surface area contributed by atoms with Crippen molar-refractivity contribution in [1.29, 1.82) is 0 Å². The molecule has 1 aromatic rings. The number of fused-ring (bicyclic) bond motifs is 1. The summed E-state index contributed by atoms with van der Waals surface area (Å²) in [6.45, 7) is -0.519. The summed E-state index contributed by atoms with van der Waals surface area (Å²) in [7, 11) is 0. The topological polar surface area (TPSA) is 75.6 Å². The number of carboxylic acids is 1. The highest BCUT2D eigenvalue weighted by molar-refractivity contribution is 7.10. The molecule has 92 valence electrons. The normalized spacial score (nSPS) is 18.5. The van der Waals surface area contributed by atoms with Crippen LogP contribution in [0, 0.1) is 0 Å². The maximum absolute atomic E-state index is 11.8. The number of carbonyl (C=O) groups excluding carboxylic acids is 1. The van der Waals surface area contributed by atoms with Gasteiger partial charge in [0, 0.05) is 4.88 Å². The van der Waals surface area contributed by atoms with Crippen molar-refractivity contribution in [2.24, 2.45) is 0 Å². The van der Waals surface area contributed by atoms with E-state index in [4.69, 9.17) is 5.11 Å². The molecule has 1 aromatic heterocycles. The average molecular weight is 255 g/mol. The third kappa shape index (κ3) is 2.83. The molecule has 0 bridgehead atoms. The number of hydrogen-bond donors (Lipinski definition) is 2. The van der Waals surface area contributed by atoms with Crippen LogP contribution in [0.5, 0.6) is 0 Å². The number of carbonyl (C=O) groups is 2. The van der Waals surface area contributed by atoms with Gasteiger partial charge in [0.25, 0.3) is 5.91 Å². The van der Waals surface area contributed by atoms with Crippen LogP contribution in [0.3, 0.4) is 0 Å². The molecule has 1 aliphatic carbocycles. The van der Waals surface area contributed by atoms with Crippen LogP contribution in [-0.4, -0.2) is 23.6 Å². The highest BCUT2D eigenvalue weighted by atomic mass is 32.1. The van der Waals surface area contributed by atoms with Crippen molar-refractivity contribution < 1.29 is 19.5 Å². The van der Waals surface area contributed by atoms with Gasteiger partial charge >= 0.3 is 5.97 Å². The molecule has 0 aliphatic heterocycles. The molecule has 1 unspecified atom stereocenters. The largest absolute Gasteiger partial charge is 0.479 e. The van der Waals surface area contributed by atoms with E-state index < -0.39 is 12.6 Å². The molecular weight excluding hydrogens is 242 g/mol. The molecule has 1 atom stereocenters. The predicted molar refractivity (Wildman–Crippen MR) is 61.7 cm³/mol. The second kappa shape index (κ2) is 5.29. The van der Waals surface area contributed by atoms with Crippen LogP contribution in [0.25, 0.3) is 0 Å². The second-order valence-electron chi connectivity index (χ2n) is 3.89. The van der Waals surface area contributed by atoms with Crippen molar-refractivity contribution in [1.82, 2.24) is 5.48 Å². The van der Waals surface area contributed by atoms with Crippen LogP contribution >= 0.6 is 11.3 Å². The Balaban J connectivity index is 1.95. The van der Waals surface area contributed by atoms with E-state index in [1.54, 1.807) is 11.3 Å². The van der Waals surface area contributed by atoms with E-state index in [-0.39, 0.29) is 11.8 Å². The lowest BCUT2D eigenvalue weighted by atomic mass is 9.87. The molecule has 2 rings (SSSR count). The van der Waals surface area contributed by atoms with Crippen molar-refractivity contribution >= 4 is 23.2 Å². The zero-order valence-corrected chi connectivity index (χ0v) is 9.96. The van der Waals surface area contributed by atoms with Gasteiger partial charge in [-0.05, 0) is 36.3 Å². The Morgan fingerprint density at radius 2 is 2.41 bits per heavy atom. The Morgan fingerprint density at radius 1 is 1.59 bits per heavy atom. The van der Waals surface area contributed by atoms with Gasteiger partial charge in [0.05, 0.1) is 5.92 Å². The fourth-order valence-electron chi connectivity index (χ4n) is 2.00. The van der Waals surface area contributed by atoms with E-state index in [2.05, 4.69) is 10.3 Å². The zero-order valence-electron chi connectivity index (χ0n) is 9.14. The van der Waals surface area contributed by atoms with Gasteiger partial charge < -0.3 is 5.11 Å². The number of rotatable bonds is 4. The molecule has 0 saturated carbocycles. The number of hydroxylamine groups is 1. The standard InChI is InChI=1S/C11H13NO4S/c13-10(14)6-16-12-11(15)8-2-1-3-9-7(8)4-5-17-9/h4-5,8H,1-3,6H2,(H,12,15)(H,13,14). The molecule has 5 nitrogen and oxygen atoms in total. The number of carboxylic acid groups (broad SMARTS) is 1. The number of nitrogens with one attached hydrogen (secondary N) is 1. The van der Waals surface area contributed by atoms with Crippen LogP contribution in [0.4, 0.5) is 0 Å². The first kappa shape index (κ1) is 12.1. The molecule has 0 fully saturated rings. The van der Waals surface area contributed by atoms with Gasteiger partial charge in [-0.1, -0.05) is 0 Å². The van der Waals surface area contributed by atoms with E-state index in [0.717, 1.165) is 24.8 Å². The maximum atomic E-state index is 11.8. The van der Waals surface area contributed by atoms with Crippen molar-refractivity contribution in [2.75, 3.05) is 6.61 Å². The van der Waals surface area contributed by atoms with Gasteiger partial charge in [-0.15, -0.1) is 11.3 Å². The molecule has 1 aliphatic rings. The molecular formula is C11H13NO4S. The summed E-state index contributed by atoms with van der Waals surface area (Å²) in [4.78, 5) is 27.9. The molecule has 0 radical (unpaired) electrons. The summed E-state index contributed by atoms with van der Waals surface area (Å²) in [6.07, 6.45) is 2.78. The van der Waals surface area contributed by atoms with Crippen molar-refractivity contribution in [3.63, 3.8) is 0 Å². The molecule has 1 amide bonds. The van der Waals surface area contributed by atoms with Crippen LogP contribution in [0.2, 0.25) is 0 Å². The van der Waals surface area contributed by atoms with Crippen LogP contribution in [0.1, 0.15) is 29.2 Å². The summed E-state index contributed by atoms with van der Waals surface area (Å²) in [5, 5.41) is 10.4. The first-order valence-electron chi connectivity index (χ1n) is 5.38. The Hall–Kier alpha value is -1.40. The highest BCUT2D eigenvalue weighted by Crippen LogP contribution is 2.34. The lowest BCUT2D eigenvalue weighted by Crippen LogP contribution is -2.32. The van der Waals surface area contributed by atoms with E-state index >= 15 is 0 Å². The molecule has 0 aromatic carbocycles. The third-order valence-corrected chi connectivity index (χ3v) is 3.73. The number of thiophene rings is 1. The van der Waals surface area contributed by atoms with Crippen molar-refractivity contribution in [3.05, 3.63) is 21.9 Å². The number of hydrogen-bond acceptors (Lipinski definition) is 4. The molecule has 17 heavy (non-hydrogen) atoms. The quantitative estimate of drug-likeness (QED) is 0.795. The van der Waals surface area contributed by atoms with Crippen LogP contribution in [-0.2, 0) is 20.8 Å². The third-order valence-electron chi connectivity index (χ3n) is 2.74. The first-order chi connectivity index (χ1) is 8.18. The Kier molecular flexibility index (Phi) is 3.75. The molecule has 6 heteroatoms. The second-order valence-corrected chi connectivity index (χ2v) is 4.89. The van der Waals surface area contributed by atoms with Gasteiger partial charge in [0.15, 0.2) is 6.61 Å². The van der Waals surface area contributed by atoms with Gasteiger partial charge in [0.1, 0.15) is 0 Å². The van der Waals surface area contributed by atoms with Crippen molar-refractivity contribution in [2.45, 2.75) is 25.2 Å². The summed E-state index contributed by atoms with van der Waals surface area (Å²) in [6, 6.07) is 1.96. The summed E-state index contributed by atoms with van der Waals surface area (Å²) in [5.74, 6) is -1.57. The Labute approximate surface area is 102 Å². The highest BCUT2D eigenvalue weighted by Gasteiger charge is 2.27. The van der Waals surface area contributed by atoms with Gasteiger partial charge in [-0.25, -0.2) is 10.3 Å². The van der Waals surface area contributed by atoms with Gasteiger partial charge in [-0.2, -0.15) is 0 Å². The fraction of sp³-hybridized carbons (Fsp3) is 0.455. The monoisotopic (exact) mass is 255 g/mol. The van der Waals surface area contributed by atoms with Crippen LogP contribution in [0.15, 0.2) is 11.4 Å². The summed E-state index contributed by atoms with van der Waals surface area (Å²) < 4.78 is 0. The van der Waals surface area contributed by atoms with E-state index in [1.165, 1.54) is 4.88 Å². The minimum absolute atomic E-state index is 0.209. The lowest BCUT2D eigenvalue weighted by molar-refractivity contribution is -0.149. The molecule has 0 saturated heterocycles. The molecule has 0 spiro atoms. The zero-order chi connectivity index (χ0) is 12.3. The van der Waals surface area contributed by atoms with E-state index in [1.807, 2.05) is 11.4 Å². The number of aryl methyl sites for hydroxylation is 1. The summed E-state index contributed by atoms with van der Waals surface area (Å²) >= 11 is 1.66. The maximum Gasteiger partial charge on any atom is 0.332 e. The minimum atomic E-state index is -1.11. The molecule has 1 heterocycles. The number of amides is 1. The smallest absolute Gasteiger partial charge is 0.332 e. The lowest BCUT2D eigenvalue weighted by Gasteiger charge is -2.21. The average Bonchev–Trinajstić information content (AvgIpc) is 2.75. The van der Waals surface area contributed by atoms with Gasteiger partial charge in [0.2, 0.25) is 0 Å². The minimum Gasteiger partial charge on any atom is -0.479 e. The predicted octanol–water partition coefficient (Wildman–Crippen LogP) is 1.30. The van der Waals surface area contributed by atoms with Crippen molar-refractivity contribution in [3.8, 4) is 0 Å². The molecule has 2 N–H and O–H groups in total. The van der Waals surface area contributed by atoms with E-state index in [0.29, 0.717) is 0 Å². The fourth-order valence-corrected chi connectivity index (χ4v) is 2.99. The first-order valence-corrected chi connectivity index (χ1v) is 6.26.